The predicted octanol–water partition coefficient (Wildman–Crippen LogP) is 1.78. The molecule has 2 aliphatic rings. The summed E-state index contributed by atoms with van der Waals surface area (Å²) >= 11 is 0. The van der Waals surface area contributed by atoms with E-state index in [1.165, 1.54) is 71.4 Å². The molecule has 1 saturated heterocycles. The first kappa shape index (κ1) is 14.3. The van der Waals surface area contributed by atoms with E-state index in [0.717, 1.165) is 12.5 Å². The number of rotatable bonds is 5. The van der Waals surface area contributed by atoms with Crippen LogP contribution in [0.25, 0.3) is 0 Å². The molecule has 1 aliphatic heterocycles. The van der Waals surface area contributed by atoms with E-state index >= 15 is 0 Å². The number of nitrogens with zero attached hydrogens (tertiary/aromatic N) is 2. The van der Waals surface area contributed by atoms with Crippen molar-refractivity contribution >= 4 is 0 Å². The standard InChI is InChI=1S/C15H31N3/c1-14(11-16)12-17-7-9-18(10-8-17)13-15-5-3-2-4-6-15/h14-15H,2-13,16H2,1H3. The Bertz CT molecular complexity index is 218. The van der Waals surface area contributed by atoms with Crippen LogP contribution < -0.4 is 5.73 Å². The Kier molecular flexibility index (Phi) is 5.93. The number of hydrogen-bond acceptors (Lipinski definition) is 3. The second-order valence-electron chi connectivity index (χ2n) is 6.45. The van der Waals surface area contributed by atoms with E-state index in [0.29, 0.717) is 5.92 Å². The molecule has 3 heteroatoms. The lowest BCUT2D eigenvalue weighted by molar-refractivity contribution is 0.101. The van der Waals surface area contributed by atoms with E-state index < -0.39 is 0 Å². The molecule has 1 aliphatic carbocycles. The van der Waals surface area contributed by atoms with Crippen LogP contribution in [0.4, 0.5) is 0 Å². The molecule has 1 heterocycles. The fraction of sp³-hybridized carbons (Fsp3) is 1.00. The van der Waals surface area contributed by atoms with Crippen LogP contribution in [0.2, 0.25) is 0 Å². The molecule has 2 fully saturated rings. The van der Waals surface area contributed by atoms with Crippen molar-refractivity contribution in [2.75, 3.05) is 45.8 Å². The molecule has 106 valence electrons. The van der Waals surface area contributed by atoms with E-state index in [4.69, 9.17) is 5.73 Å². The van der Waals surface area contributed by atoms with Crippen LogP contribution in [-0.4, -0.2) is 55.6 Å². The molecule has 0 radical (unpaired) electrons. The minimum atomic E-state index is 0.648. The summed E-state index contributed by atoms with van der Waals surface area (Å²) in [5, 5.41) is 0. The van der Waals surface area contributed by atoms with Crippen molar-refractivity contribution in [1.29, 1.82) is 0 Å². The largest absolute Gasteiger partial charge is 0.330 e. The van der Waals surface area contributed by atoms with Crippen molar-refractivity contribution in [3.8, 4) is 0 Å². The predicted molar refractivity (Wildman–Crippen MR) is 77.7 cm³/mol. The van der Waals surface area contributed by atoms with Gasteiger partial charge in [-0.1, -0.05) is 26.2 Å². The number of hydrogen-bond donors (Lipinski definition) is 1. The fourth-order valence-corrected chi connectivity index (χ4v) is 3.40. The molecule has 0 bridgehead atoms. The molecule has 1 unspecified atom stereocenters. The molecule has 2 rings (SSSR count). The maximum absolute atomic E-state index is 5.70. The van der Waals surface area contributed by atoms with E-state index in [2.05, 4.69) is 16.7 Å². The average molecular weight is 253 g/mol. The quantitative estimate of drug-likeness (QED) is 0.810. The van der Waals surface area contributed by atoms with Crippen molar-refractivity contribution in [3.63, 3.8) is 0 Å². The molecule has 18 heavy (non-hydrogen) atoms. The minimum absolute atomic E-state index is 0.648. The van der Waals surface area contributed by atoms with E-state index in [1.807, 2.05) is 0 Å². The Morgan fingerprint density at radius 3 is 2.22 bits per heavy atom. The second kappa shape index (κ2) is 7.46. The fourth-order valence-electron chi connectivity index (χ4n) is 3.40. The highest BCUT2D eigenvalue weighted by Crippen LogP contribution is 2.24. The van der Waals surface area contributed by atoms with Gasteiger partial charge in [-0.3, -0.25) is 0 Å². The summed E-state index contributed by atoms with van der Waals surface area (Å²) in [7, 11) is 0. The Morgan fingerprint density at radius 2 is 1.61 bits per heavy atom. The minimum Gasteiger partial charge on any atom is -0.330 e. The van der Waals surface area contributed by atoms with Gasteiger partial charge in [0.05, 0.1) is 0 Å². The Morgan fingerprint density at radius 1 is 1.00 bits per heavy atom. The van der Waals surface area contributed by atoms with E-state index in [-0.39, 0.29) is 0 Å². The lowest BCUT2D eigenvalue weighted by atomic mass is 9.89. The maximum atomic E-state index is 5.70. The first-order chi connectivity index (χ1) is 8.78. The molecular weight excluding hydrogens is 222 g/mol. The van der Waals surface area contributed by atoms with Gasteiger partial charge in [-0.05, 0) is 31.2 Å². The van der Waals surface area contributed by atoms with Gasteiger partial charge in [0.1, 0.15) is 0 Å². The van der Waals surface area contributed by atoms with Crippen LogP contribution in [0, 0.1) is 11.8 Å². The smallest absolute Gasteiger partial charge is 0.0110 e. The average Bonchev–Trinajstić information content (AvgIpc) is 2.42. The van der Waals surface area contributed by atoms with Crippen molar-refractivity contribution in [1.82, 2.24) is 9.80 Å². The molecule has 1 atom stereocenters. The molecule has 2 N–H and O–H groups in total. The summed E-state index contributed by atoms with van der Waals surface area (Å²) in [5.74, 6) is 1.64. The molecule has 0 amide bonds. The Labute approximate surface area is 113 Å². The zero-order chi connectivity index (χ0) is 12.8. The van der Waals surface area contributed by atoms with Gasteiger partial charge >= 0.3 is 0 Å². The number of nitrogens with two attached hydrogens (primary N) is 1. The van der Waals surface area contributed by atoms with Gasteiger partial charge in [-0.25, -0.2) is 0 Å². The summed E-state index contributed by atoms with van der Waals surface area (Å²) in [6.45, 7) is 10.7. The van der Waals surface area contributed by atoms with Crippen molar-refractivity contribution < 1.29 is 0 Å². The second-order valence-corrected chi connectivity index (χ2v) is 6.45. The molecular formula is C15H31N3. The topological polar surface area (TPSA) is 32.5 Å². The van der Waals surface area contributed by atoms with Crippen LogP contribution in [0.15, 0.2) is 0 Å². The maximum Gasteiger partial charge on any atom is 0.0110 e. The van der Waals surface area contributed by atoms with Crippen molar-refractivity contribution in [2.24, 2.45) is 17.6 Å². The zero-order valence-electron chi connectivity index (χ0n) is 12.1. The Hall–Kier alpha value is -0.120. The monoisotopic (exact) mass is 253 g/mol. The molecule has 3 nitrogen and oxygen atoms in total. The first-order valence-electron chi connectivity index (χ1n) is 7.92. The summed E-state index contributed by atoms with van der Waals surface area (Å²) in [6, 6.07) is 0. The zero-order valence-corrected chi connectivity index (χ0v) is 12.1. The normalized spacial score (nSPS) is 26.3. The van der Waals surface area contributed by atoms with Gasteiger partial charge in [0, 0.05) is 39.3 Å². The van der Waals surface area contributed by atoms with Gasteiger partial charge in [0.15, 0.2) is 0 Å². The summed E-state index contributed by atoms with van der Waals surface area (Å²) < 4.78 is 0. The third-order valence-electron chi connectivity index (χ3n) is 4.68. The molecule has 0 aromatic heterocycles. The third-order valence-corrected chi connectivity index (χ3v) is 4.68. The van der Waals surface area contributed by atoms with Crippen LogP contribution in [0.3, 0.4) is 0 Å². The highest BCUT2D eigenvalue weighted by molar-refractivity contribution is 4.77. The highest BCUT2D eigenvalue weighted by Gasteiger charge is 2.21. The highest BCUT2D eigenvalue weighted by atomic mass is 15.3. The molecule has 0 aromatic carbocycles. The lowest BCUT2D eigenvalue weighted by Crippen LogP contribution is -2.49. The summed E-state index contributed by atoms with van der Waals surface area (Å²) in [4.78, 5) is 5.29. The lowest BCUT2D eigenvalue weighted by Gasteiger charge is -2.38. The van der Waals surface area contributed by atoms with Gasteiger partial charge in [0.2, 0.25) is 0 Å². The Balaban J connectivity index is 1.63. The van der Waals surface area contributed by atoms with Crippen LogP contribution in [-0.2, 0) is 0 Å². The first-order valence-corrected chi connectivity index (χ1v) is 7.92. The van der Waals surface area contributed by atoms with Gasteiger partial charge in [-0.2, -0.15) is 0 Å². The van der Waals surface area contributed by atoms with Crippen LogP contribution in [0.5, 0.6) is 0 Å². The van der Waals surface area contributed by atoms with Crippen molar-refractivity contribution in [3.05, 3.63) is 0 Å². The third kappa shape index (κ3) is 4.52. The van der Waals surface area contributed by atoms with Crippen LogP contribution in [0.1, 0.15) is 39.0 Å². The van der Waals surface area contributed by atoms with E-state index in [9.17, 15) is 0 Å². The summed E-state index contributed by atoms with van der Waals surface area (Å²) in [6.07, 6.45) is 7.37. The van der Waals surface area contributed by atoms with Crippen LogP contribution >= 0.6 is 0 Å². The van der Waals surface area contributed by atoms with Gasteiger partial charge in [-0.15, -0.1) is 0 Å². The van der Waals surface area contributed by atoms with Gasteiger partial charge < -0.3 is 15.5 Å². The van der Waals surface area contributed by atoms with Gasteiger partial charge in [0.25, 0.3) is 0 Å². The molecule has 0 spiro atoms. The summed E-state index contributed by atoms with van der Waals surface area (Å²) in [5.41, 5.74) is 5.70. The van der Waals surface area contributed by atoms with E-state index in [1.54, 1.807) is 0 Å². The molecule has 1 saturated carbocycles. The SMILES string of the molecule is CC(CN)CN1CCN(CC2CCCCC2)CC1. The number of piperazine rings is 1. The van der Waals surface area contributed by atoms with Crippen molar-refractivity contribution in [2.45, 2.75) is 39.0 Å². The molecule has 0 aromatic rings.